The van der Waals surface area contributed by atoms with Crippen LogP contribution in [0.4, 0.5) is 14.5 Å². The van der Waals surface area contributed by atoms with Crippen molar-refractivity contribution in [2.75, 3.05) is 5.32 Å². The summed E-state index contributed by atoms with van der Waals surface area (Å²) in [6, 6.07) is 10.3. The molecule has 1 nitrogen and oxygen atoms in total. The van der Waals surface area contributed by atoms with Gasteiger partial charge in [0, 0.05) is 6.54 Å². The zero-order valence-electron chi connectivity index (χ0n) is 10.4. The minimum absolute atomic E-state index is 0.189. The molecule has 0 aliphatic heterocycles. The Morgan fingerprint density at radius 1 is 1.00 bits per heavy atom. The van der Waals surface area contributed by atoms with Crippen molar-refractivity contribution < 1.29 is 8.78 Å². The molecule has 0 saturated heterocycles. The van der Waals surface area contributed by atoms with E-state index in [-0.39, 0.29) is 5.69 Å². The van der Waals surface area contributed by atoms with E-state index in [4.69, 9.17) is 0 Å². The summed E-state index contributed by atoms with van der Waals surface area (Å²) in [5.41, 5.74) is 3.56. The van der Waals surface area contributed by atoms with Gasteiger partial charge in [-0.2, -0.15) is 0 Å². The molecule has 18 heavy (non-hydrogen) atoms. The molecule has 3 heteroatoms. The molecule has 0 aliphatic rings. The molecule has 0 radical (unpaired) electrons. The summed E-state index contributed by atoms with van der Waals surface area (Å²) >= 11 is 0. The molecule has 2 aromatic carbocycles. The minimum atomic E-state index is -0.833. The van der Waals surface area contributed by atoms with Gasteiger partial charge in [0.25, 0.3) is 0 Å². The first-order chi connectivity index (χ1) is 8.56. The second kappa shape index (κ2) is 5.17. The maximum Gasteiger partial charge on any atom is 0.181 e. The largest absolute Gasteiger partial charge is 0.379 e. The van der Waals surface area contributed by atoms with Gasteiger partial charge in [-0.05, 0) is 31.5 Å². The van der Waals surface area contributed by atoms with Gasteiger partial charge in [0.2, 0.25) is 0 Å². The molecular formula is C15H15F2N. The number of halogens is 2. The minimum Gasteiger partial charge on any atom is -0.379 e. The van der Waals surface area contributed by atoms with E-state index in [2.05, 4.69) is 11.4 Å². The van der Waals surface area contributed by atoms with Crippen molar-refractivity contribution in [1.29, 1.82) is 0 Å². The number of hydrogen-bond acceptors (Lipinski definition) is 1. The Balaban J connectivity index is 2.14. The molecule has 0 saturated carbocycles. The number of nitrogens with one attached hydrogen (secondary N) is 1. The van der Waals surface area contributed by atoms with Gasteiger partial charge in [-0.1, -0.05) is 35.4 Å². The van der Waals surface area contributed by atoms with Gasteiger partial charge in [-0.15, -0.1) is 0 Å². The maximum atomic E-state index is 13.4. The summed E-state index contributed by atoms with van der Waals surface area (Å²) in [6.45, 7) is 4.50. The Bertz CT molecular complexity index is 544. The lowest BCUT2D eigenvalue weighted by atomic mass is 10.1. The van der Waals surface area contributed by atoms with Crippen molar-refractivity contribution in [2.45, 2.75) is 20.4 Å². The van der Waals surface area contributed by atoms with E-state index in [9.17, 15) is 8.78 Å². The fourth-order valence-electron chi connectivity index (χ4n) is 2.01. The topological polar surface area (TPSA) is 12.0 Å². The fourth-order valence-corrected chi connectivity index (χ4v) is 2.01. The lowest BCUT2D eigenvalue weighted by molar-refractivity contribution is 0.511. The van der Waals surface area contributed by atoms with Crippen molar-refractivity contribution >= 4 is 5.69 Å². The first kappa shape index (κ1) is 12.6. The molecule has 2 rings (SSSR count). The highest BCUT2D eigenvalue weighted by molar-refractivity contribution is 5.45. The Labute approximate surface area is 105 Å². The predicted octanol–water partition coefficient (Wildman–Crippen LogP) is 4.19. The van der Waals surface area contributed by atoms with Gasteiger partial charge in [0.15, 0.2) is 11.6 Å². The Hall–Kier alpha value is -1.90. The molecule has 94 valence electrons. The predicted molar refractivity (Wildman–Crippen MR) is 69.6 cm³/mol. The van der Waals surface area contributed by atoms with Crippen molar-refractivity contribution in [3.63, 3.8) is 0 Å². The molecule has 0 heterocycles. The molecule has 0 fully saturated rings. The van der Waals surface area contributed by atoms with Crippen LogP contribution in [0.2, 0.25) is 0 Å². The summed E-state index contributed by atoms with van der Waals surface area (Å²) in [7, 11) is 0. The molecule has 0 bridgehead atoms. The molecule has 0 unspecified atom stereocenters. The number of hydrogen-bond donors (Lipinski definition) is 1. The lowest BCUT2D eigenvalue weighted by Crippen LogP contribution is -2.03. The van der Waals surface area contributed by atoms with Crippen molar-refractivity contribution in [2.24, 2.45) is 0 Å². The van der Waals surface area contributed by atoms with E-state index < -0.39 is 11.6 Å². The molecule has 2 aromatic rings. The molecule has 1 N–H and O–H groups in total. The van der Waals surface area contributed by atoms with Crippen LogP contribution in [0, 0.1) is 25.5 Å². The molecule has 0 amide bonds. The van der Waals surface area contributed by atoms with Crippen molar-refractivity contribution in [3.8, 4) is 0 Å². The van der Waals surface area contributed by atoms with Crippen LogP contribution in [0.5, 0.6) is 0 Å². The third-order valence-electron chi connectivity index (χ3n) is 2.72. The van der Waals surface area contributed by atoms with E-state index in [1.807, 2.05) is 26.0 Å². The van der Waals surface area contributed by atoms with Crippen molar-refractivity contribution in [3.05, 3.63) is 64.7 Å². The normalized spacial score (nSPS) is 10.4. The quantitative estimate of drug-likeness (QED) is 0.857. The Kier molecular flexibility index (Phi) is 3.60. The summed E-state index contributed by atoms with van der Waals surface area (Å²) in [5, 5.41) is 2.91. The number of aryl methyl sites for hydroxylation is 2. The van der Waals surface area contributed by atoms with Gasteiger partial charge in [0.05, 0.1) is 5.69 Å². The highest BCUT2D eigenvalue weighted by Gasteiger charge is 2.06. The number of anilines is 1. The fraction of sp³-hybridized carbons (Fsp3) is 0.200. The van der Waals surface area contributed by atoms with E-state index in [1.165, 1.54) is 12.1 Å². The Morgan fingerprint density at radius 3 is 2.33 bits per heavy atom. The second-order valence-corrected chi connectivity index (χ2v) is 4.45. The third-order valence-corrected chi connectivity index (χ3v) is 2.72. The highest BCUT2D eigenvalue weighted by Crippen LogP contribution is 2.18. The van der Waals surface area contributed by atoms with E-state index in [1.54, 1.807) is 0 Å². The van der Waals surface area contributed by atoms with Gasteiger partial charge >= 0.3 is 0 Å². The van der Waals surface area contributed by atoms with E-state index >= 15 is 0 Å². The maximum absolute atomic E-state index is 13.4. The van der Waals surface area contributed by atoms with Crippen LogP contribution in [-0.2, 0) is 6.54 Å². The van der Waals surface area contributed by atoms with Crippen LogP contribution < -0.4 is 5.32 Å². The summed E-state index contributed by atoms with van der Waals surface area (Å²) in [4.78, 5) is 0. The van der Waals surface area contributed by atoms with Crippen LogP contribution in [0.1, 0.15) is 16.7 Å². The van der Waals surface area contributed by atoms with Gasteiger partial charge < -0.3 is 5.32 Å². The van der Waals surface area contributed by atoms with Crippen LogP contribution in [-0.4, -0.2) is 0 Å². The number of rotatable bonds is 3. The van der Waals surface area contributed by atoms with Crippen LogP contribution >= 0.6 is 0 Å². The average molecular weight is 247 g/mol. The first-order valence-electron chi connectivity index (χ1n) is 5.81. The van der Waals surface area contributed by atoms with E-state index in [0.29, 0.717) is 6.54 Å². The van der Waals surface area contributed by atoms with E-state index in [0.717, 1.165) is 22.8 Å². The monoisotopic (exact) mass is 247 g/mol. The smallest absolute Gasteiger partial charge is 0.181 e. The van der Waals surface area contributed by atoms with Crippen molar-refractivity contribution in [1.82, 2.24) is 0 Å². The van der Waals surface area contributed by atoms with Crippen LogP contribution in [0.3, 0.4) is 0 Å². The average Bonchev–Trinajstić information content (AvgIpc) is 2.30. The second-order valence-electron chi connectivity index (χ2n) is 4.45. The molecule has 0 spiro atoms. The van der Waals surface area contributed by atoms with Crippen LogP contribution in [0.25, 0.3) is 0 Å². The molecule has 0 atom stereocenters. The summed E-state index contributed by atoms with van der Waals surface area (Å²) < 4.78 is 26.4. The number of benzene rings is 2. The molecule has 0 aliphatic carbocycles. The highest BCUT2D eigenvalue weighted by atomic mass is 19.2. The third kappa shape index (κ3) is 2.86. The standard InChI is InChI=1S/C15H15F2N/c1-10-6-11(2)8-12(7-10)9-18-14-5-3-4-13(16)15(14)17/h3-8,18H,9H2,1-2H3. The van der Waals surface area contributed by atoms with Gasteiger partial charge in [-0.3, -0.25) is 0 Å². The summed E-state index contributed by atoms with van der Waals surface area (Å²) in [6.07, 6.45) is 0. The lowest BCUT2D eigenvalue weighted by Gasteiger charge is -2.09. The van der Waals surface area contributed by atoms with Gasteiger partial charge in [0.1, 0.15) is 0 Å². The zero-order valence-corrected chi connectivity index (χ0v) is 10.4. The molecular weight excluding hydrogens is 232 g/mol. The SMILES string of the molecule is Cc1cc(C)cc(CNc2cccc(F)c2F)c1. The van der Waals surface area contributed by atoms with Crippen LogP contribution in [0.15, 0.2) is 36.4 Å². The zero-order chi connectivity index (χ0) is 13.1. The first-order valence-corrected chi connectivity index (χ1v) is 5.81. The summed E-state index contributed by atoms with van der Waals surface area (Å²) in [5.74, 6) is -1.66. The van der Waals surface area contributed by atoms with Gasteiger partial charge in [-0.25, -0.2) is 8.78 Å². The Morgan fingerprint density at radius 2 is 1.67 bits per heavy atom. The molecule has 0 aromatic heterocycles.